The number of carboxylic acid groups (broad SMARTS) is 1. The van der Waals surface area contributed by atoms with Gasteiger partial charge in [0.05, 0.1) is 0 Å². The summed E-state index contributed by atoms with van der Waals surface area (Å²) in [6, 6.07) is 1.85. The number of ether oxygens (including phenoxy) is 1. The fraction of sp³-hybridized carbons (Fsp3) is 0.615. The molecule has 0 bridgehead atoms. The molecule has 0 amide bonds. The van der Waals surface area contributed by atoms with E-state index in [2.05, 4.69) is 20.8 Å². The van der Waals surface area contributed by atoms with E-state index in [0.29, 0.717) is 17.2 Å². The van der Waals surface area contributed by atoms with Gasteiger partial charge in [0.25, 0.3) is 0 Å². The summed E-state index contributed by atoms with van der Waals surface area (Å²) >= 11 is 1.30. The summed E-state index contributed by atoms with van der Waals surface area (Å²) in [5.74, 6) is -0.436. The van der Waals surface area contributed by atoms with Crippen molar-refractivity contribution in [2.75, 3.05) is 27.2 Å². The van der Waals surface area contributed by atoms with Crippen LogP contribution in [0.25, 0.3) is 0 Å². The molecule has 102 valence electrons. The van der Waals surface area contributed by atoms with Gasteiger partial charge in [0.15, 0.2) is 4.88 Å². The van der Waals surface area contributed by atoms with Crippen molar-refractivity contribution in [3.8, 4) is 5.75 Å². The number of carboxylic acids is 1. The highest BCUT2D eigenvalue weighted by Crippen LogP contribution is 2.36. The van der Waals surface area contributed by atoms with Gasteiger partial charge in [-0.1, -0.05) is 20.8 Å². The molecule has 1 aromatic rings. The first-order valence-electron chi connectivity index (χ1n) is 5.87. The molecule has 0 aliphatic carbocycles. The van der Waals surface area contributed by atoms with Crippen molar-refractivity contribution in [3.63, 3.8) is 0 Å². The highest BCUT2D eigenvalue weighted by Gasteiger charge is 2.23. The van der Waals surface area contributed by atoms with Crippen LogP contribution in [0.3, 0.4) is 0 Å². The Hall–Kier alpha value is -1.07. The van der Waals surface area contributed by atoms with Crippen LogP contribution in [0.4, 0.5) is 0 Å². The first-order valence-corrected chi connectivity index (χ1v) is 6.68. The highest BCUT2D eigenvalue weighted by molar-refractivity contribution is 7.14. The smallest absolute Gasteiger partial charge is 0.349 e. The fourth-order valence-electron chi connectivity index (χ4n) is 1.34. The van der Waals surface area contributed by atoms with Gasteiger partial charge in [0.1, 0.15) is 12.4 Å². The van der Waals surface area contributed by atoms with Crippen LogP contribution in [-0.2, 0) is 5.41 Å². The maximum atomic E-state index is 11.2. The van der Waals surface area contributed by atoms with Crippen molar-refractivity contribution < 1.29 is 14.6 Å². The second-order valence-corrected chi connectivity index (χ2v) is 6.56. The summed E-state index contributed by atoms with van der Waals surface area (Å²) in [5.41, 5.74) is -0.0575. The maximum absolute atomic E-state index is 11.2. The van der Waals surface area contributed by atoms with E-state index < -0.39 is 5.97 Å². The van der Waals surface area contributed by atoms with Crippen molar-refractivity contribution in [1.29, 1.82) is 0 Å². The molecule has 0 saturated carbocycles. The summed E-state index contributed by atoms with van der Waals surface area (Å²) < 4.78 is 5.57. The Morgan fingerprint density at radius 3 is 2.50 bits per heavy atom. The summed E-state index contributed by atoms with van der Waals surface area (Å²) in [5, 5.41) is 9.17. The zero-order valence-corrected chi connectivity index (χ0v) is 12.4. The van der Waals surface area contributed by atoms with Gasteiger partial charge in [0, 0.05) is 11.4 Å². The maximum Gasteiger partial charge on any atom is 0.349 e. The van der Waals surface area contributed by atoms with E-state index in [0.717, 1.165) is 11.4 Å². The predicted molar refractivity (Wildman–Crippen MR) is 74.0 cm³/mol. The Balaban J connectivity index is 2.88. The van der Waals surface area contributed by atoms with Gasteiger partial charge in [-0.3, -0.25) is 0 Å². The molecule has 0 saturated heterocycles. The third kappa shape index (κ3) is 3.99. The lowest BCUT2D eigenvalue weighted by Crippen LogP contribution is -2.19. The SMILES string of the molecule is CN(C)CCOc1cc(C(C)(C)C)sc1C(=O)O. The molecule has 1 rings (SSSR count). The van der Waals surface area contributed by atoms with Gasteiger partial charge in [0.2, 0.25) is 0 Å². The molecule has 0 atom stereocenters. The minimum Gasteiger partial charge on any atom is -0.490 e. The molecule has 0 aliphatic heterocycles. The molecule has 5 heteroatoms. The monoisotopic (exact) mass is 271 g/mol. The lowest BCUT2D eigenvalue weighted by Gasteiger charge is -2.15. The van der Waals surface area contributed by atoms with Crippen LogP contribution in [0.15, 0.2) is 6.07 Å². The molecule has 0 unspecified atom stereocenters. The Bertz CT molecular complexity index is 418. The predicted octanol–water partition coefficient (Wildman–Crippen LogP) is 2.68. The van der Waals surface area contributed by atoms with Crippen LogP contribution < -0.4 is 4.74 Å². The van der Waals surface area contributed by atoms with Crippen molar-refractivity contribution in [1.82, 2.24) is 4.90 Å². The Morgan fingerprint density at radius 2 is 2.06 bits per heavy atom. The molecule has 18 heavy (non-hydrogen) atoms. The fourth-order valence-corrected chi connectivity index (χ4v) is 2.34. The van der Waals surface area contributed by atoms with Gasteiger partial charge in [-0.05, 0) is 25.6 Å². The molecule has 0 aromatic carbocycles. The summed E-state index contributed by atoms with van der Waals surface area (Å²) in [4.78, 5) is 14.5. The average molecular weight is 271 g/mol. The van der Waals surface area contributed by atoms with Crippen molar-refractivity contribution >= 4 is 17.3 Å². The van der Waals surface area contributed by atoms with E-state index in [-0.39, 0.29) is 5.41 Å². The van der Waals surface area contributed by atoms with Gasteiger partial charge >= 0.3 is 5.97 Å². The summed E-state index contributed by atoms with van der Waals surface area (Å²) in [6.45, 7) is 7.45. The minimum absolute atomic E-state index is 0.0575. The Kier molecular flexibility index (Phi) is 4.76. The first-order chi connectivity index (χ1) is 8.21. The Morgan fingerprint density at radius 1 is 1.44 bits per heavy atom. The number of likely N-dealkylation sites (N-methyl/N-ethyl adjacent to an activating group) is 1. The lowest BCUT2D eigenvalue weighted by molar-refractivity contribution is 0.0698. The van der Waals surface area contributed by atoms with Crippen molar-refractivity contribution in [3.05, 3.63) is 15.8 Å². The third-order valence-electron chi connectivity index (χ3n) is 2.43. The molecule has 4 nitrogen and oxygen atoms in total. The molecule has 1 aromatic heterocycles. The molecule has 0 spiro atoms. The van der Waals surface area contributed by atoms with Crippen LogP contribution in [0.1, 0.15) is 35.3 Å². The number of thiophene rings is 1. The second kappa shape index (κ2) is 5.71. The number of carbonyl (C=O) groups is 1. The number of hydrogen-bond donors (Lipinski definition) is 1. The topological polar surface area (TPSA) is 49.8 Å². The van der Waals surface area contributed by atoms with Crippen LogP contribution in [-0.4, -0.2) is 43.2 Å². The molecular formula is C13H21NO3S. The zero-order chi connectivity index (χ0) is 13.9. The molecule has 0 aliphatic rings. The van der Waals surface area contributed by atoms with E-state index in [1.807, 2.05) is 25.1 Å². The zero-order valence-electron chi connectivity index (χ0n) is 11.6. The number of hydrogen-bond acceptors (Lipinski definition) is 4. The van der Waals surface area contributed by atoms with Gasteiger partial charge < -0.3 is 14.7 Å². The second-order valence-electron chi connectivity index (χ2n) is 5.51. The van der Waals surface area contributed by atoms with Crippen LogP contribution in [0.2, 0.25) is 0 Å². The molecule has 0 radical (unpaired) electrons. The standard InChI is InChI=1S/C13H21NO3S/c1-13(2,3)10-8-9(11(18-10)12(15)16)17-7-6-14(4)5/h8H,6-7H2,1-5H3,(H,15,16). The molecule has 1 heterocycles. The highest BCUT2D eigenvalue weighted by atomic mass is 32.1. The van der Waals surface area contributed by atoms with Crippen molar-refractivity contribution in [2.45, 2.75) is 26.2 Å². The number of rotatable bonds is 5. The van der Waals surface area contributed by atoms with Crippen molar-refractivity contribution in [2.24, 2.45) is 0 Å². The largest absolute Gasteiger partial charge is 0.490 e. The van der Waals surface area contributed by atoms with E-state index in [1.165, 1.54) is 11.3 Å². The summed E-state index contributed by atoms with van der Waals surface area (Å²) in [6.07, 6.45) is 0. The van der Waals surface area contributed by atoms with E-state index >= 15 is 0 Å². The number of nitrogens with zero attached hydrogens (tertiary/aromatic N) is 1. The lowest BCUT2D eigenvalue weighted by atomic mass is 9.95. The third-order valence-corrected chi connectivity index (χ3v) is 3.96. The first kappa shape index (κ1) is 15.0. The van der Waals surface area contributed by atoms with E-state index in [4.69, 9.17) is 4.74 Å². The van der Waals surface area contributed by atoms with Gasteiger partial charge in [-0.15, -0.1) is 11.3 Å². The summed E-state index contributed by atoms with van der Waals surface area (Å²) in [7, 11) is 3.91. The normalized spacial score (nSPS) is 11.9. The van der Waals surface area contributed by atoms with E-state index in [9.17, 15) is 9.90 Å². The van der Waals surface area contributed by atoms with Crippen LogP contribution in [0.5, 0.6) is 5.75 Å². The number of aromatic carboxylic acids is 1. The van der Waals surface area contributed by atoms with Gasteiger partial charge in [-0.25, -0.2) is 4.79 Å². The Labute approximate surface area is 112 Å². The molecular weight excluding hydrogens is 250 g/mol. The van der Waals surface area contributed by atoms with Crippen LogP contribution >= 0.6 is 11.3 Å². The van der Waals surface area contributed by atoms with E-state index in [1.54, 1.807) is 0 Å². The quantitative estimate of drug-likeness (QED) is 0.894. The molecule has 0 fully saturated rings. The average Bonchev–Trinajstić information content (AvgIpc) is 2.60. The van der Waals surface area contributed by atoms with Crippen LogP contribution in [0, 0.1) is 0 Å². The molecule has 1 N–H and O–H groups in total. The minimum atomic E-state index is -0.921. The van der Waals surface area contributed by atoms with Gasteiger partial charge in [-0.2, -0.15) is 0 Å².